The molecule has 0 bridgehead atoms. The Bertz CT molecular complexity index is 779. The fraction of sp³-hybridized carbons (Fsp3) is 0.412. The van der Waals surface area contributed by atoms with Crippen LogP contribution in [0.5, 0.6) is 0 Å². The third-order valence-corrected chi connectivity index (χ3v) is 4.33. The number of nitrogens with one attached hydrogen (secondary N) is 1. The van der Waals surface area contributed by atoms with E-state index in [1.54, 1.807) is 14.1 Å². The van der Waals surface area contributed by atoms with E-state index < -0.39 is 17.5 Å². The predicted molar refractivity (Wildman–Crippen MR) is 88.5 cm³/mol. The first-order valence-electron chi connectivity index (χ1n) is 7.87. The molecule has 0 amide bonds. The Kier molecular flexibility index (Phi) is 4.32. The summed E-state index contributed by atoms with van der Waals surface area (Å²) in [6.07, 6.45) is -3.35. The first kappa shape index (κ1) is 17.5. The van der Waals surface area contributed by atoms with Crippen LogP contribution >= 0.6 is 0 Å². The summed E-state index contributed by atoms with van der Waals surface area (Å²) in [5.41, 5.74) is -0.326. The van der Waals surface area contributed by atoms with Crippen molar-refractivity contribution in [3.8, 4) is 0 Å². The zero-order chi connectivity index (χ0) is 18.2. The van der Waals surface area contributed by atoms with Crippen LogP contribution in [0.3, 0.4) is 0 Å². The molecule has 134 valence electrons. The summed E-state index contributed by atoms with van der Waals surface area (Å²) in [5.74, 6) is -0.0139. The summed E-state index contributed by atoms with van der Waals surface area (Å²) < 4.78 is 39.1. The Hall–Kier alpha value is -2.35. The number of fused-ring (bicyclic) bond motifs is 1. The molecule has 0 saturated carbocycles. The molecule has 5 nitrogen and oxygen atoms in total. The van der Waals surface area contributed by atoms with Gasteiger partial charge in [-0.05, 0) is 24.0 Å². The molecule has 1 aromatic carbocycles. The van der Waals surface area contributed by atoms with Gasteiger partial charge in [0.25, 0.3) is 0 Å². The van der Waals surface area contributed by atoms with Crippen LogP contribution in [0.15, 0.2) is 30.3 Å². The van der Waals surface area contributed by atoms with Gasteiger partial charge in [-0.1, -0.05) is 24.3 Å². The predicted octanol–water partition coefficient (Wildman–Crippen LogP) is 2.81. The number of hydrogen-bond acceptors (Lipinski definition) is 5. The summed E-state index contributed by atoms with van der Waals surface area (Å²) in [7, 11) is 3.21. The summed E-state index contributed by atoms with van der Waals surface area (Å²) in [4.78, 5) is 9.11. The fourth-order valence-corrected chi connectivity index (χ4v) is 2.97. The molecule has 0 unspecified atom stereocenters. The van der Waals surface area contributed by atoms with Gasteiger partial charge in [0.2, 0.25) is 5.95 Å². The molecule has 2 aromatic rings. The van der Waals surface area contributed by atoms with Crippen molar-refractivity contribution >= 4 is 11.8 Å². The highest BCUT2D eigenvalue weighted by Gasteiger charge is 2.37. The molecule has 0 saturated heterocycles. The van der Waals surface area contributed by atoms with Gasteiger partial charge >= 0.3 is 6.18 Å². The molecular formula is C17H19F3N4O. The van der Waals surface area contributed by atoms with Crippen LogP contribution in [-0.2, 0) is 18.2 Å². The second kappa shape index (κ2) is 6.18. The lowest BCUT2D eigenvalue weighted by Crippen LogP contribution is -2.32. The van der Waals surface area contributed by atoms with Crippen LogP contribution in [-0.4, -0.2) is 35.7 Å². The third-order valence-electron chi connectivity index (χ3n) is 4.33. The monoisotopic (exact) mass is 352 g/mol. The van der Waals surface area contributed by atoms with E-state index in [1.807, 2.05) is 24.3 Å². The van der Waals surface area contributed by atoms with Crippen molar-refractivity contribution in [3.05, 3.63) is 47.2 Å². The summed E-state index contributed by atoms with van der Waals surface area (Å²) in [5, 5.41) is 13.6. The van der Waals surface area contributed by atoms with E-state index in [0.29, 0.717) is 6.42 Å². The van der Waals surface area contributed by atoms with E-state index in [1.165, 1.54) is 4.90 Å². The molecule has 1 aromatic heterocycles. The number of hydrogen-bond donors (Lipinski definition) is 2. The van der Waals surface area contributed by atoms with Gasteiger partial charge in [0, 0.05) is 20.2 Å². The number of aromatic nitrogens is 2. The van der Waals surface area contributed by atoms with Gasteiger partial charge in [0.1, 0.15) is 11.4 Å². The Balaban J connectivity index is 1.85. The van der Waals surface area contributed by atoms with Crippen LogP contribution in [0.2, 0.25) is 0 Å². The highest BCUT2D eigenvalue weighted by molar-refractivity contribution is 5.45. The lowest BCUT2D eigenvalue weighted by molar-refractivity contribution is -0.141. The van der Waals surface area contributed by atoms with Gasteiger partial charge in [-0.3, -0.25) is 0 Å². The standard InChI is InChI=1S/C17H19F3N4O/c1-24(2)14-9-13(17(18,19)20)22-15(23-14)21-10-16(25)8-7-11-5-3-4-6-12(11)16/h3-6,9,25H,7-8,10H2,1-2H3,(H,21,22,23)/t16-/m1/s1. The molecule has 0 fully saturated rings. The van der Waals surface area contributed by atoms with E-state index in [0.717, 1.165) is 23.6 Å². The van der Waals surface area contributed by atoms with Crippen LogP contribution in [0.4, 0.5) is 24.9 Å². The molecule has 1 heterocycles. The van der Waals surface area contributed by atoms with E-state index in [4.69, 9.17) is 0 Å². The smallest absolute Gasteiger partial charge is 0.383 e. The second-order valence-corrected chi connectivity index (χ2v) is 6.37. The van der Waals surface area contributed by atoms with Crippen LogP contribution in [0.25, 0.3) is 0 Å². The largest absolute Gasteiger partial charge is 0.433 e. The second-order valence-electron chi connectivity index (χ2n) is 6.37. The molecule has 0 radical (unpaired) electrons. The quantitative estimate of drug-likeness (QED) is 0.886. The maximum atomic E-state index is 13.0. The minimum Gasteiger partial charge on any atom is -0.383 e. The van der Waals surface area contributed by atoms with Crippen LogP contribution in [0, 0.1) is 0 Å². The molecule has 1 atom stereocenters. The normalized spacial score (nSPS) is 19.6. The van der Waals surface area contributed by atoms with Crippen molar-refractivity contribution in [1.82, 2.24) is 9.97 Å². The van der Waals surface area contributed by atoms with Crippen LogP contribution in [0.1, 0.15) is 23.2 Å². The molecule has 25 heavy (non-hydrogen) atoms. The third kappa shape index (κ3) is 3.53. The zero-order valence-corrected chi connectivity index (χ0v) is 13.9. The lowest BCUT2D eigenvalue weighted by Gasteiger charge is -2.25. The Morgan fingerprint density at radius 1 is 1.24 bits per heavy atom. The molecule has 0 spiro atoms. The van der Waals surface area contributed by atoms with Crippen LogP contribution < -0.4 is 10.2 Å². The van der Waals surface area contributed by atoms with Crippen molar-refractivity contribution in [1.29, 1.82) is 0 Å². The average Bonchev–Trinajstić information content (AvgIpc) is 2.90. The minimum atomic E-state index is -4.57. The van der Waals surface area contributed by atoms with Crippen molar-refractivity contribution in [3.63, 3.8) is 0 Å². The lowest BCUT2D eigenvalue weighted by atomic mass is 9.96. The number of rotatable bonds is 4. The Morgan fingerprint density at radius 2 is 1.96 bits per heavy atom. The minimum absolute atomic E-state index is 0.0399. The molecule has 1 aliphatic rings. The molecule has 8 heteroatoms. The zero-order valence-electron chi connectivity index (χ0n) is 13.9. The first-order valence-corrected chi connectivity index (χ1v) is 7.87. The number of aryl methyl sites for hydroxylation is 1. The molecular weight excluding hydrogens is 333 g/mol. The van der Waals surface area contributed by atoms with Crippen molar-refractivity contribution in [2.24, 2.45) is 0 Å². The van der Waals surface area contributed by atoms with E-state index in [-0.39, 0.29) is 18.3 Å². The van der Waals surface area contributed by atoms with Gasteiger partial charge in [-0.2, -0.15) is 18.2 Å². The summed E-state index contributed by atoms with van der Waals surface area (Å²) in [6.45, 7) is 0.0399. The first-order chi connectivity index (χ1) is 11.7. The van der Waals surface area contributed by atoms with Gasteiger partial charge in [-0.15, -0.1) is 0 Å². The fourth-order valence-electron chi connectivity index (χ4n) is 2.97. The number of aliphatic hydroxyl groups is 1. The number of anilines is 2. The average molecular weight is 352 g/mol. The number of alkyl halides is 3. The number of halogens is 3. The molecule has 2 N–H and O–H groups in total. The summed E-state index contributed by atoms with van der Waals surface area (Å²) in [6, 6.07) is 8.41. The Morgan fingerprint density at radius 3 is 2.64 bits per heavy atom. The topological polar surface area (TPSA) is 61.3 Å². The maximum Gasteiger partial charge on any atom is 0.433 e. The van der Waals surface area contributed by atoms with Gasteiger partial charge in [0.15, 0.2) is 5.69 Å². The maximum absolute atomic E-state index is 13.0. The van der Waals surface area contributed by atoms with Crippen molar-refractivity contribution < 1.29 is 18.3 Å². The molecule has 0 aliphatic heterocycles. The highest BCUT2D eigenvalue weighted by atomic mass is 19.4. The molecule has 1 aliphatic carbocycles. The number of benzene rings is 1. The summed E-state index contributed by atoms with van der Waals surface area (Å²) >= 11 is 0. The van der Waals surface area contributed by atoms with Gasteiger partial charge in [0.05, 0.1) is 6.54 Å². The van der Waals surface area contributed by atoms with Crippen molar-refractivity contribution in [2.45, 2.75) is 24.6 Å². The van der Waals surface area contributed by atoms with E-state index >= 15 is 0 Å². The molecule has 3 rings (SSSR count). The SMILES string of the molecule is CN(C)c1cc(C(F)(F)F)nc(NC[C@]2(O)CCc3ccccc32)n1. The van der Waals surface area contributed by atoms with Gasteiger partial charge < -0.3 is 15.3 Å². The highest BCUT2D eigenvalue weighted by Crippen LogP contribution is 2.37. The van der Waals surface area contributed by atoms with Gasteiger partial charge in [-0.25, -0.2) is 4.98 Å². The van der Waals surface area contributed by atoms with E-state index in [2.05, 4.69) is 15.3 Å². The number of nitrogens with zero attached hydrogens (tertiary/aromatic N) is 3. The van der Waals surface area contributed by atoms with Crippen molar-refractivity contribution in [2.75, 3.05) is 30.9 Å². The van der Waals surface area contributed by atoms with E-state index in [9.17, 15) is 18.3 Å². The Labute approximate surface area is 143 Å².